The molecule has 0 unspecified atom stereocenters. The van der Waals surface area contributed by atoms with E-state index in [2.05, 4.69) is 111 Å². The monoisotopic (exact) mass is 1040 g/mol. The van der Waals surface area contributed by atoms with E-state index in [1.165, 1.54) is 0 Å². The molecule has 80 heavy (non-hydrogen) atoms. The Morgan fingerprint density at radius 1 is 0.350 bits per heavy atom. The maximum atomic E-state index is 9.62. The van der Waals surface area contributed by atoms with Gasteiger partial charge in [-0.2, -0.15) is 0 Å². The summed E-state index contributed by atoms with van der Waals surface area (Å²) in [5.41, 5.74) is 11.6. The summed E-state index contributed by atoms with van der Waals surface area (Å²) in [5.74, 6) is 0. The lowest BCUT2D eigenvalue weighted by Crippen LogP contribution is -2.11. The first-order valence-electron chi connectivity index (χ1n) is 32.1. The standard InChI is InChI=1S/C74H54N4O2/c1-73(2,3)43-31-35-57-55(39-43)67-59(75(45-19-9-7-10-20-45)61-27-17-25-51-47-23-13-15-29-65(47)79-71(51)61)37-33-49-53-42-64-54(41-63(53)77(57)69(49)67)50-34-38-60(68-56-40-44(74(4,5)6)32-36-58(56)78(64)70(50)68)76(46-21-11-8-12-22-46)62-28-18-26-52-48-24-14-16-30-66(48)80-72(52)62/h7-42H,1-6H3/i7D,8D,9D,10D,11D,12D,19D,20D,21D,22D. The van der Waals surface area contributed by atoms with E-state index in [0.717, 1.165) is 109 Å². The fourth-order valence-corrected chi connectivity index (χ4v) is 13.1. The Labute approximate surface area is 475 Å². The molecule has 0 N–H and O–H groups in total. The molecular weight excluding hydrogens is 977 g/mol. The highest BCUT2D eigenvalue weighted by atomic mass is 16.3. The molecular formula is C74H54N4O2. The molecule has 0 fully saturated rings. The van der Waals surface area contributed by atoms with Crippen LogP contribution in [-0.4, -0.2) is 8.80 Å². The van der Waals surface area contributed by atoms with E-state index in [4.69, 9.17) is 17.1 Å². The van der Waals surface area contributed by atoms with Crippen LogP contribution < -0.4 is 9.80 Å². The van der Waals surface area contributed by atoms with Gasteiger partial charge in [0, 0.05) is 76.0 Å². The second-order valence-corrected chi connectivity index (χ2v) is 23.4. The average molecular weight is 1040 g/mol. The van der Waals surface area contributed by atoms with Crippen LogP contribution in [0, 0.1) is 0 Å². The number of aromatic nitrogens is 2. The molecule has 382 valence electrons. The maximum absolute atomic E-state index is 9.62. The molecule has 0 aliphatic heterocycles. The Morgan fingerprint density at radius 3 is 1.19 bits per heavy atom. The van der Waals surface area contributed by atoms with Gasteiger partial charge in [0.1, 0.15) is 11.2 Å². The fourth-order valence-electron chi connectivity index (χ4n) is 13.1. The van der Waals surface area contributed by atoms with Crippen molar-refractivity contribution in [1.82, 2.24) is 8.80 Å². The first-order chi connectivity index (χ1) is 43.1. The van der Waals surface area contributed by atoms with Gasteiger partial charge in [-0.1, -0.05) is 163 Å². The largest absolute Gasteiger partial charge is 0.454 e. The van der Waals surface area contributed by atoms with Gasteiger partial charge in [0.25, 0.3) is 0 Å². The van der Waals surface area contributed by atoms with Crippen molar-refractivity contribution < 1.29 is 22.5 Å². The zero-order chi connectivity index (χ0) is 62.2. The number of para-hydroxylation sites is 6. The van der Waals surface area contributed by atoms with Crippen molar-refractivity contribution in [2.45, 2.75) is 52.4 Å². The number of benzene rings is 11. The van der Waals surface area contributed by atoms with Gasteiger partial charge in [-0.25, -0.2) is 0 Å². The number of anilines is 6. The molecule has 0 bridgehead atoms. The predicted octanol–water partition coefficient (Wildman–Crippen LogP) is 21.3. The third kappa shape index (κ3) is 6.13. The molecule has 0 saturated carbocycles. The van der Waals surface area contributed by atoms with Gasteiger partial charge in [-0.05, 0) is 119 Å². The molecule has 0 amide bonds. The lowest BCUT2D eigenvalue weighted by atomic mass is 9.86. The topological polar surface area (TPSA) is 41.6 Å². The zero-order valence-corrected chi connectivity index (χ0v) is 44.6. The molecule has 17 aromatic rings. The van der Waals surface area contributed by atoms with Crippen LogP contribution in [0.3, 0.4) is 0 Å². The van der Waals surface area contributed by atoms with Crippen LogP contribution in [0.5, 0.6) is 0 Å². The van der Waals surface area contributed by atoms with E-state index in [1.807, 2.05) is 107 Å². The average Bonchev–Trinajstić information content (AvgIpc) is 1.54. The number of rotatable bonds is 6. The predicted molar refractivity (Wildman–Crippen MR) is 337 cm³/mol. The highest BCUT2D eigenvalue weighted by Gasteiger charge is 2.31. The molecule has 0 spiro atoms. The van der Waals surface area contributed by atoms with Crippen LogP contribution in [0.15, 0.2) is 227 Å². The first kappa shape index (κ1) is 36.3. The van der Waals surface area contributed by atoms with Gasteiger partial charge in [0.15, 0.2) is 11.2 Å². The van der Waals surface area contributed by atoms with Crippen LogP contribution >= 0.6 is 0 Å². The summed E-state index contributed by atoms with van der Waals surface area (Å²) >= 11 is 0. The smallest absolute Gasteiger partial charge is 0.159 e. The molecule has 0 radical (unpaired) electrons. The van der Waals surface area contributed by atoms with Crippen molar-refractivity contribution in [1.29, 1.82) is 0 Å². The van der Waals surface area contributed by atoms with Crippen molar-refractivity contribution in [2.24, 2.45) is 0 Å². The summed E-state index contributed by atoms with van der Waals surface area (Å²) in [6.07, 6.45) is 0. The molecule has 17 rings (SSSR count). The van der Waals surface area contributed by atoms with Crippen molar-refractivity contribution in [3.63, 3.8) is 0 Å². The molecule has 0 atom stereocenters. The first-order valence-corrected chi connectivity index (χ1v) is 27.1. The van der Waals surface area contributed by atoms with E-state index in [1.54, 1.807) is 0 Å². The maximum Gasteiger partial charge on any atom is 0.159 e. The normalized spacial score (nSPS) is 14.6. The Kier molecular flexibility index (Phi) is 7.23. The van der Waals surface area contributed by atoms with E-state index in [9.17, 15) is 5.48 Å². The second-order valence-electron chi connectivity index (χ2n) is 23.4. The second kappa shape index (κ2) is 15.9. The van der Waals surface area contributed by atoms with Gasteiger partial charge in [0.05, 0.1) is 69.6 Å². The summed E-state index contributed by atoms with van der Waals surface area (Å²) in [6.45, 7) is 13.1. The minimum Gasteiger partial charge on any atom is -0.454 e. The SMILES string of the molecule is [2H]c1c([2H])c([2H])c(N(c2cccc3c2oc2ccccc23)c2ccc3c4cc5c(cc4n4c6ccc(C(C)(C)C)cc6c2c34)c2ccc(N(c3c([2H])c([2H])c([2H])c([2H])c3[2H])c3cccc4c3oc3ccccc34)c3c4cc(C(C)(C)C)ccc4n5c23)c([2H])c1[2H]. The van der Waals surface area contributed by atoms with E-state index < -0.39 is 36.3 Å². The third-order valence-electron chi connectivity index (χ3n) is 16.8. The zero-order valence-electron chi connectivity index (χ0n) is 54.6. The Hall–Kier alpha value is -9.78. The molecule has 6 heterocycles. The molecule has 0 aliphatic carbocycles. The van der Waals surface area contributed by atoms with Gasteiger partial charge < -0.3 is 27.4 Å². The number of hydrogen-bond acceptors (Lipinski definition) is 4. The highest BCUT2D eigenvalue weighted by Crippen LogP contribution is 2.54. The molecule has 6 aromatic heterocycles. The van der Waals surface area contributed by atoms with Gasteiger partial charge in [-0.3, -0.25) is 0 Å². The molecule has 0 saturated heterocycles. The Morgan fingerprint density at radius 2 is 0.762 bits per heavy atom. The van der Waals surface area contributed by atoms with Crippen LogP contribution in [0.2, 0.25) is 0 Å². The lowest BCUT2D eigenvalue weighted by molar-refractivity contribution is 0.591. The Balaban J connectivity index is 1.00. The number of fused-ring (bicyclic) bond motifs is 18. The summed E-state index contributed by atoms with van der Waals surface area (Å²) < 4.78 is 110. The quantitative estimate of drug-likeness (QED) is 0.166. The number of hydrogen-bond donors (Lipinski definition) is 0. The summed E-state index contributed by atoms with van der Waals surface area (Å²) in [5, 5.41) is 10.7. The van der Waals surface area contributed by atoms with Gasteiger partial charge in [0.2, 0.25) is 0 Å². The van der Waals surface area contributed by atoms with Crippen LogP contribution in [0.25, 0.3) is 120 Å². The highest BCUT2D eigenvalue weighted by molar-refractivity contribution is 6.33. The van der Waals surface area contributed by atoms with E-state index in [0.29, 0.717) is 45.1 Å². The van der Waals surface area contributed by atoms with Crippen molar-refractivity contribution in [3.8, 4) is 0 Å². The minimum atomic E-state index is -0.490. The molecule has 11 aromatic carbocycles. The summed E-state index contributed by atoms with van der Waals surface area (Å²) in [6, 6.07) is 48.8. The van der Waals surface area contributed by atoms with Crippen LogP contribution in [0.4, 0.5) is 34.1 Å². The van der Waals surface area contributed by atoms with E-state index in [-0.39, 0.29) is 46.4 Å². The van der Waals surface area contributed by atoms with Crippen molar-refractivity contribution in [2.75, 3.05) is 9.80 Å². The molecule has 6 nitrogen and oxygen atoms in total. The number of furan rings is 2. The van der Waals surface area contributed by atoms with Crippen molar-refractivity contribution in [3.05, 3.63) is 229 Å². The van der Waals surface area contributed by atoms with Crippen molar-refractivity contribution >= 4 is 154 Å². The number of nitrogens with zero attached hydrogens (tertiary/aromatic N) is 4. The van der Waals surface area contributed by atoms with E-state index >= 15 is 0 Å². The lowest BCUT2D eigenvalue weighted by Gasteiger charge is -2.26. The fraction of sp³-hybridized carbons (Fsp3) is 0.108. The van der Waals surface area contributed by atoms with Crippen LogP contribution in [-0.2, 0) is 10.8 Å². The van der Waals surface area contributed by atoms with Crippen LogP contribution in [0.1, 0.15) is 66.4 Å². The summed E-state index contributed by atoms with van der Waals surface area (Å²) in [4.78, 5) is 3.62. The molecule has 6 heteroatoms. The minimum absolute atomic E-state index is 0.0138. The third-order valence-corrected chi connectivity index (χ3v) is 16.8. The van der Waals surface area contributed by atoms with Gasteiger partial charge in [-0.15, -0.1) is 0 Å². The Bertz CT molecular complexity index is 5620. The van der Waals surface area contributed by atoms with Gasteiger partial charge >= 0.3 is 0 Å². The molecule has 0 aliphatic rings. The summed E-state index contributed by atoms with van der Waals surface area (Å²) in [7, 11) is 0.